The number of rotatable bonds is 7. The second-order valence-electron chi connectivity index (χ2n) is 8.87. The number of aromatic amines is 1. The van der Waals surface area contributed by atoms with Crippen molar-refractivity contribution in [2.75, 3.05) is 27.4 Å². The molecule has 196 valence electrons. The Morgan fingerprint density at radius 2 is 1.66 bits per heavy atom. The largest absolute Gasteiger partial charge is 0.493 e. The maximum absolute atomic E-state index is 13.1. The van der Waals surface area contributed by atoms with Crippen LogP contribution in [0.5, 0.6) is 23.0 Å². The molecule has 0 saturated carbocycles. The van der Waals surface area contributed by atoms with E-state index in [1.54, 1.807) is 36.4 Å². The average Bonchev–Trinajstić information content (AvgIpc) is 2.94. The first-order valence-electron chi connectivity index (χ1n) is 12.1. The number of nitrogens with one attached hydrogen (secondary N) is 2. The summed E-state index contributed by atoms with van der Waals surface area (Å²) in [7, 11) is 2.95. The van der Waals surface area contributed by atoms with Crippen LogP contribution in [0.2, 0.25) is 0 Å². The first-order valence-corrected chi connectivity index (χ1v) is 12.1. The maximum atomic E-state index is 13.1. The lowest BCUT2D eigenvalue weighted by atomic mass is 10.1. The minimum atomic E-state index is -0.551. The molecule has 1 aliphatic rings. The predicted molar refractivity (Wildman–Crippen MR) is 141 cm³/mol. The van der Waals surface area contributed by atoms with Gasteiger partial charge in [0.2, 0.25) is 0 Å². The number of hydrogen-bond donors (Lipinski definition) is 2. The minimum Gasteiger partial charge on any atom is -0.493 e. The number of ether oxygens (including phenoxy) is 4. The van der Waals surface area contributed by atoms with E-state index in [9.17, 15) is 14.4 Å². The van der Waals surface area contributed by atoms with Gasteiger partial charge in [-0.05, 0) is 48.4 Å². The number of carbonyl (C=O) groups excluding carboxylic acids is 1. The standard InChI is InChI=1S/C28H27N3O7/c1-16(19-8-9-22-25(12-19)38-11-10-37-22)29-26(32)18-6-4-17(5-7-18)15-31-27(33)20-13-23(35-2)24(36-3)14-21(20)30-28(31)34/h4-9,12-14,16H,10-11,15H2,1-3H3,(H,29,32)(H,30,34)/t16-/m0/s1. The summed E-state index contributed by atoms with van der Waals surface area (Å²) in [4.78, 5) is 41.4. The monoisotopic (exact) mass is 517 g/mol. The number of hydrogen-bond acceptors (Lipinski definition) is 7. The number of aromatic nitrogens is 2. The van der Waals surface area contributed by atoms with Crippen molar-refractivity contribution in [3.63, 3.8) is 0 Å². The molecule has 0 saturated heterocycles. The highest BCUT2D eigenvalue weighted by atomic mass is 16.6. The third-order valence-corrected chi connectivity index (χ3v) is 6.46. The molecule has 38 heavy (non-hydrogen) atoms. The van der Waals surface area contributed by atoms with Crippen molar-refractivity contribution >= 4 is 16.8 Å². The van der Waals surface area contributed by atoms with Gasteiger partial charge in [0.15, 0.2) is 23.0 Å². The number of amides is 1. The average molecular weight is 518 g/mol. The molecule has 0 unspecified atom stereocenters. The number of benzene rings is 3. The molecule has 0 bridgehead atoms. The summed E-state index contributed by atoms with van der Waals surface area (Å²) in [6, 6.07) is 15.2. The van der Waals surface area contributed by atoms with Crippen LogP contribution in [0.25, 0.3) is 10.9 Å². The van der Waals surface area contributed by atoms with Crippen molar-refractivity contribution in [1.29, 1.82) is 0 Å². The molecule has 5 rings (SSSR count). The summed E-state index contributed by atoms with van der Waals surface area (Å²) in [5.74, 6) is 1.90. The highest BCUT2D eigenvalue weighted by Crippen LogP contribution is 2.33. The van der Waals surface area contributed by atoms with E-state index < -0.39 is 11.2 Å². The Balaban J connectivity index is 1.32. The SMILES string of the molecule is COc1cc2[nH]c(=O)n(Cc3ccc(C(=O)N[C@@H](C)c4ccc5c(c4)OCCO5)cc3)c(=O)c2cc1OC. The van der Waals surface area contributed by atoms with Crippen molar-refractivity contribution in [2.45, 2.75) is 19.5 Å². The van der Waals surface area contributed by atoms with Crippen LogP contribution in [0.3, 0.4) is 0 Å². The molecule has 4 aromatic rings. The normalized spacial score (nSPS) is 13.1. The Labute approximate surface area is 217 Å². The van der Waals surface area contributed by atoms with Crippen LogP contribution in [0, 0.1) is 0 Å². The first kappa shape index (κ1) is 24.9. The van der Waals surface area contributed by atoms with Gasteiger partial charge in [0.05, 0.1) is 37.7 Å². The molecule has 0 radical (unpaired) electrons. The van der Waals surface area contributed by atoms with E-state index in [2.05, 4.69) is 10.3 Å². The predicted octanol–water partition coefficient (Wildman–Crippen LogP) is 3.02. The van der Waals surface area contributed by atoms with E-state index in [4.69, 9.17) is 18.9 Å². The van der Waals surface area contributed by atoms with E-state index in [0.717, 1.165) is 10.1 Å². The van der Waals surface area contributed by atoms with Gasteiger partial charge in [-0.25, -0.2) is 4.79 Å². The van der Waals surface area contributed by atoms with Gasteiger partial charge in [0.25, 0.3) is 11.5 Å². The van der Waals surface area contributed by atoms with Gasteiger partial charge in [-0.15, -0.1) is 0 Å². The number of carbonyl (C=O) groups is 1. The van der Waals surface area contributed by atoms with Crippen LogP contribution in [-0.2, 0) is 6.54 Å². The van der Waals surface area contributed by atoms with E-state index in [1.807, 2.05) is 25.1 Å². The van der Waals surface area contributed by atoms with Crippen molar-refractivity contribution in [2.24, 2.45) is 0 Å². The molecule has 2 heterocycles. The van der Waals surface area contributed by atoms with Crippen LogP contribution in [0.4, 0.5) is 0 Å². The zero-order valence-electron chi connectivity index (χ0n) is 21.2. The zero-order valence-corrected chi connectivity index (χ0v) is 21.2. The molecule has 0 aliphatic carbocycles. The lowest BCUT2D eigenvalue weighted by Crippen LogP contribution is -2.35. The van der Waals surface area contributed by atoms with Crippen molar-refractivity contribution in [3.8, 4) is 23.0 Å². The van der Waals surface area contributed by atoms with Crippen LogP contribution in [-0.4, -0.2) is 42.9 Å². The van der Waals surface area contributed by atoms with Gasteiger partial charge in [-0.2, -0.15) is 0 Å². The number of H-pyrrole nitrogens is 1. The Morgan fingerprint density at radius 3 is 2.37 bits per heavy atom. The second-order valence-corrected chi connectivity index (χ2v) is 8.87. The maximum Gasteiger partial charge on any atom is 0.329 e. The summed E-state index contributed by atoms with van der Waals surface area (Å²) >= 11 is 0. The minimum absolute atomic E-state index is 0.0357. The molecule has 1 amide bonds. The first-order chi connectivity index (χ1) is 18.4. The van der Waals surface area contributed by atoms with E-state index in [1.165, 1.54) is 14.2 Å². The van der Waals surface area contributed by atoms with Gasteiger partial charge in [0.1, 0.15) is 13.2 Å². The van der Waals surface area contributed by atoms with Crippen LogP contribution in [0.1, 0.15) is 34.5 Å². The Hall–Kier alpha value is -4.73. The molecular formula is C28H27N3O7. The second kappa shape index (κ2) is 10.3. The van der Waals surface area contributed by atoms with Crippen molar-refractivity contribution in [3.05, 3.63) is 92.1 Å². The third kappa shape index (κ3) is 4.80. The molecular weight excluding hydrogens is 490 g/mol. The van der Waals surface area contributed by atoms with Gasteiger partial charge in [0, 0.05) is 11.6 Å². The molecule has 2 N–H and O–H groups in total. The van der Waals surface area contributed by atoms with Gasteiger partial charge in [-0.1, -0.05) is 18.2 Å². The topological polar surface area (TPSA) is 121 Å². The smallest absolute Gasteiger partial charge is 0.329 e. The van der Waals surface area contributed by atoms with Crippen LogP contribution in [0.15, 0.2) is 64.2 Å². The van der Waals surface area contributed by atoms with Crippen molar-refractivity contribution in [1.82, 2.24) is 14.9 Å². The van der Waals surface area contributed by atoms with Gasteiger partial charge < -0.3 is 29.2 Å². The van der Waals surface area contributed by atoms with Gasteiger partial charge >= 0.3 is 5.69 Å². The third-order valence-electron chi connectivity index (χ3n) is 6.46. The highest BCUT2D eigenvalue weighted by Gasteiger charge is 2.17. The Bertz CT molecular complexity index is 1620. The molecule has 10 heteroatoms. The molecule has 1 aliphatic heterocycles. The van der Waals surface area contributed by atoms with Gasteiger partial charge in [-0.3, -0.25) is 14.2 Å². The lowest BCUT2D eigenvalue weighted by Gasteiger charge is -2.21. The fourth-order valence-electron chi connectivity index (χ4n) is 4.36. The summed E-state index contributed by atoms with van der Waals surface area (Å²) in [6.07, 6.45) is 0. The fourth-order valence-corrected chi connectivity index (χ4v) is 4.36. The van der Waals surface area contributed by atoms with E-state index in [-0.39, 0.29) is 18.5 Å². The Morgan fingerprint density at radius 1 is 0.974 bits per heavy atom. The summed E-state index contributed by atoms with van der Waals surface area (Å²) in [6.45, 7) is 2.93. The highest BCUT2D eigenvalue weighted by molar-refractivity contribution is 5.94. The molecule has 3 aromatic carbocycles. The summed E-state index contributed by atoms with van der Waals surface area (Å²) < 4.78 is 22.8. The van der Waals surface area contributed by atoms with E-state index in [0.29, 0.717) is 58.2 Å². The molecule has 10 nitrogen and oxygen atoms in total. The number of nitrogens with zero attached hydrogens (tertiary/aromatic N) is 1. The van der Waals surface area contributed by atoms with E-state index >= 15 is 0 Å². The van der Waals surface area contributed by atoms with Crippen LogP contribution < -0.4 is 35.5 Å². The molecule has 1 atom stereocenters. The molecule has 0 fully saturated rings. The molecule has 0 spiro atoms. The van der Waals surface area contributed by atoms with Crippen molar-refractivity contribution < 1.29 is 23.7 Å². The fraction of sp³-hybridized carbons (Fsp3) is 0.250. The number of fused-ring (bicyclic) bond motifs is 2. The van der Waals surface area contributed by atoms with Crippen LogP contribution >= 0.6 is 0 Å². The lowest BCUT2D eigenvalue weighted by molar-refractivity contribution is 0.0939. The quantitative estimate of drug-likeness (QED) is 0.387. The zero-order chi connectivity index (χ0) is 26.8. The number of methoxy groups -OCH3 is 2. The molecule has 1 aromatic heterocycles. The Kier molecular flexibility index (Phi) is 6.78. The summed E-state index contributed by atoms with van der Waals surface area (Å²) in [5, 5.41) is 3.28. The summed E-state index contributed by atoms with van der Waals surface area (Å²) in [5.41, 5.74) is 1.38.